The summed E-state index contributed by atoms with van der Waals surface area (Å²) < 4.78 is 11.3. The molecule has 1 aromatic heterocycles. The van der Waals surface area contributed by atoms with Crippen molar-refractivity contribution in [3.05, 3.63) is 35.9 Å². The Labute approximate surface area is 147 Å². The summed E-state index contributed by atoms with van der Waals surface area (Å²) in [5.74, 6) is 0.497. The zero-order valence-corrected chi connectivity index (χ0v) is 14.7. The molecular weight excluding hydrogens is 316 g/mol. The molecule has 0 N–H and O–H groups in total. The van der Waals surface area contributed by atoms with Gasteiger partial charge in [-0.15, -0.1) is 0 Å². The molecular formula is C20H24N2O3. The average molecular weight is 340 g/mol. The highest BCUT2D eigenvalue weighted by molar-refractivity contribution is 6.00. The highest BCUT2D eigenvalue weighted by atomic mass is 16.5. The van der Waals surface area contributed by atoms with Gasteiger partial charge in [0.1, 0.15) is 5.56 Å². The van der Waals surface area contributed by atoms with Crippen molar-refractivity contribution in [2.45, 2.75) is 38.1 Å². The second-order valence-corrected chi connectivity index (χ2v) is 6.93. The maximum Gasteiger partial charge on any atom is 0.259 e. The first-order chi connectivity index (χ1) is 12.2. The molecule has 2 aromatic rings. The predicted octanol–water partition coefficient (Wildman–Crippen LogP) is 3.42. The van der Waals surface area contributed by atoms with E-state index < -0.39 is 0 Å². The quantitative estimate of drug-likeness (QED) is 0.856. The molecule has 132 valence electrons. The van der Waals surface area contributed by atoms with Crippen molar-refractivity contribution >= 4 is 16.8 Å². The van der Waals surface area contributed by atoms with E-state index in [2.05, 4.69) is 11.9 Å². The minimum absolute atomic E-state index is 0.0248. The summed E-state index contributed by atoms with van der Waals surface area (Å²) in [7, 11) is 0. The smallest absolute Gasteiger partial charge is 0.259 e. The SMILES string of the molecule is CCCOc1nc2ccccc2cc1C(=O)N1CCC12CCOCC2. The number of pyridine rings is 1. The Bertz CT molecular complexity index is 784. The van der Waals surface area contributed by atoms with Gasteiger partial charge in [0.15, 0.2) is 0 Å². The molecule has 2 aliphatic rings. The number of nitrogens with zero attached hydrogens (tertiary/aromatic N) is 2. The van der Waals surface area contributed by atoms with E-state index in [0.717, 1.165) is 56.3 Å². The first-order valence-electron chi connectivity index (χ1n) is 9.16. The summed E-state index contributed by atoms with van der Waals surface area (Å²) >= 11 is 0. The summed E-state index contributed by atoms with van der Waals surface area (Å²) in [6.07, 6.45) is 3.79. The number of likely N-dealkylation sites (tertiary alicyclic amines) is 1. The van der Waals surface area contributed by atoms with Gasteiger partial charge in [0.05, 0.1) is 12.1 Å². The van der Waals surface area contributed by atoms with Crippen molar-refractivity contribution in [1.82, 2.24) is 9.88 Å². The van der Waals surface area contributed by atoms with E-state index in [0.29, 0.717) is 18.1 Å². The van der Waals surface area contributed by atoms with Crippen molar-refractivity contribution in [2.75, 3.05) is 26.4 Å². The number of fused-ring (bicyclic) bond motifs is 1. The molecule has 25 heavy (non-hydrogen) atoms. The predicted molar refractivity (Wildman–Crippen MR) is 96.0 cm³/mol. The monoisotopic (exact) mass is 340 g/mol. The fourth-order valence-electron chi connectivity index (χ4n) is 3.83. The van der Waals surface area contributed by atoms with Crippen molar-refractivity contribution in [3.8, 4) is 5.88 Å². The lowest BCUT2D eigenvalue weighted by atomic mass is 9.77. The largest absolute Gasteiger partial charge is 0.477 e. The van der Waals surface area contributed by atoms with Crippen LogP contribution in [0.1, 0.15) is 43.0 Å². The summed E-state index contributed by atoms with van der Waals surface area (Å²) in [6, 6.07) is 9.79. The molecule has 4 rings (SSSR count). The minimum atomic E-state index is -0.0248. The molecule has 1 amide bonds. The van der Waals surface area contributed by atoms with E-state index in [-0.39, 0.29) is 11.4 Å². The maximum absolute atomic E-state index is 13.3. The zero-order chi connectivity index (χ0) is 17.3. The Hall–Kier alpha value is -2.14. The van der Waals surface area contributed by atoms with Crippen molar-refractivity contribution in [1.29, 1.82) is 0 Å². The van der Waals surface area contributed by atoms with Gasteiger partial charge in [-0.2, -0.15) is 0 Å². The molecule has 5 heteroatoms. The number of ether oxygens (including phenoxy) is 2. The van der Waals surface area contributed by atoms with E-state index >= 15 is 0 Å². The molecule has 2 fully saturated rings. The van der Waals surface area contributed by atoms with Crippen molar-refractivity contribution in [2.24, 2.45) is 0 Å². The zero-order valence-electron chi connectivity index (χ0n) is 14.7. The Morgan fingerprint density at radius 3 is 2.80 bits per heavy atom. The molecule has 0 aliphatic carbocycles. The van der Waals surface area contributed by atoms with Gasteiger partial charge in [0, 0.05) is 30.7 Å². The van der Waals surface area contributed by atoms with E-state index in [1.54, 1.807) is 0 Å². The molecule has 1 aromatic carbocycles. The van der Waals surface area contributed by atoms with Crippen molar-refractivity contribution < 1.29 is 14.3 Å². The van der Waals surface area contributed by atoms with Gasteiger partial charge >= 0.3 is 0 Å². The van der Waals surface area contributed by atoms with Crippen LogP contribution in [0.3, 0.4) is 0 Å². The third-order valence-corrected chi connectivity index (χ3v) is 5.40. The van der Waals surface area contributed by atoms with Gasteiger partial charge in [-0.25, -0.2) is 4.98 Å². The molecule has 2 aliphatic heterocycles. The van der Waals surface area contributed by atoms with Crippen LogP contribution in [-0.4, -0.2) is 47.7 Å². The van der Waals surface area contributed by atoms with Crippen LogP contribution >= 0.6 is 0 Å². The van der Waals surface area contributed by atoms with Gasteiger partial charge in [0.25, 0.3) is 5.91 Å². The molecule has 0 bridgehead atoms. The highest BCUT2D eigenvalue weighted by Crippen LogP contribution is 2.41. The highest BCUT2D eigenvalue weighted by Gasteiger charge is 2.48. The molecule has 5 nitrogen and oxygen atoms in total. The Morgan fingerprint density at radius 1 is 1.28 bits per heavy atom. The standard InChI is InChI=1S/C20H24N2O3/c1-2-11-25-18-16(14-15-5-3-4-6-17(15)21-18)19(23)22-10-7-20(22)8-12-24-13-9-20/h3-6,14H,2,7-13H2,1H3. The fourth-order valence-corrected chi connectivity index (χ4v) is 3.83. The van der Waals surface area contributed by atoms with Crippen LogP contribution in [-0.2, 0) is 4.74 Å². The Kier molecular flexibility index (Phi) is 4.34. The van der Waals surface area contributed by atoms with Gasteiger partial charge in [-0.05, 0) is 37.8 Å². The number of rotatable bonds is 4. The number of hydrogen-bond acceptors (Lipinski definition) is 4. The van der Waals surface area contributed by atoms with E-state index in [9.17, 15) is 4.79 Å². The molecule has 3 heterocycles. The number of para-hydroxylation sites is 1. The van der Waals surface area contributed by atoms with E-state index in [4.69, 9.17) is 9.47 Å². The molecule has 0 radical (unpaired) electrons. The lowest BCUT2D eigenvalue weighted by Gasteiger charge is -2.54. The topological polar surface area (TPSA) is 51.7 Å². The number of carbonyl (C=O) groups is 1. The third kappa shape index (κ3) is 2.86. The number of benzene rings is 1. The van der Waals surface area contributed by atoms with Crippen LogP contribution in [0, 0.1) is 0 Å². The van der Waals surface area contributed by atoms with Crippen LogP contribution in [0.2, 0.25) is 0 Å². The summed E-state index contributed by atoms with van der Waals surface area (Å²) in [4.78, 5) is 19.9. The molecule has 0 atom stereocenters. The molecule has 0 saturated carbocycles. The summed E-state index contributed by atoms with van der Waals surface area (Å²) in [6.45, 7) is 4.89. The van der Waals surface area contributed by atoms with E-state index in [1.165, 1.54) is 0 Å². The summed E-state index contributed by atoms with van der Waals surface area (Å²) in [5, 5.41) is 0.969. The Balaban J connectivity index is 1.70. The second-order valence-electron chi connectivity index (χ2n) is 6.93. The van der Waals surface area contributed by atoms with Gasteiger partial charge in [-0.3, -0.25) is 4.79 Å². The Morgan fingerprint density at radius 2 is 2.08 bits per heavy atom. The average Bonchev–Trinajstić information content (AvgIpc) is 2.65. The maximum atomic E-state index is 13.3. The van der Waals surface area contributed by atoms with Crippen LogP contribution in [0.5, 0.6) is 5.88 Å². The molecule has 2 saturated heterocycles. The third-order valence-electron chi connectivity index (χ3n) is 5.40. The van der Waals surface area contributed by atoms with Gasteiger partial charge in [-0.1, -0.05) is 25.1 Å². The number of hydrogen-bond donors (Lipinski definition) is 0. The number of amides is 1. The molecule has 0 unspecified atom stereocenters. The van der Waals surface area contributed by atoms with Gasteiger partial charge < -0.3 is 14.4 Å². The van der Waals surface area contributed by atoms with E-state index in [1.807, 2.05) is 35.2 Å². The first-order valence-corrected chi connectivity index (χ1v) is 9.16. The van der Waals surface area contributed by atoms with Crippen LogP contribution in [0.25, 0.3) is 10.9 Å². The van der Waals surface area contributed by atoms with Crippen LogP contribution in [0.4, 0.5) is 0 Å². The minimum Gasteiger partial charge on any atom is -0.477 e. The lowest BCUT2D eigenvalue weighted by molar-refractivity contribution is -0.0697. The van der Waals surface area contributed by atoms with Crippen LogP contribution < -0.4 is 4.74 Å². The fraction of sp³-hybridized carbons (Fsp3) is 0.500. The number of carbonyl (C=O) groups excluding carboxylic acids is 1. The summed E-state index contributed by atoms with van der Waals surface area (Å²) in [5.41, 5.74) is 1.41. The van der Waals surface area contributed by atoms with Gasteiger partial charge in [0.2, 0.25) is 5.88 Å². The lowest BCUT2D eigenvalue weighted by Crippen LogP contribution is -2.64. The number of aromatic nitrogens is 1. The normalized spacial score (nSPS) is 19.0. The van der Waals surface area contributed by atoms with Crippen LogP contribution in [0.15, 0.2) is 30.3 Å². The first kappa shape index (κ1) is 16.3. The molecule has 1 spiro atoms. The second kappa shape index (κ2) is 6.64. The van der Waals surface area contributed by atoms with Crippen molar-refractivity contribution in [3.63, 3.8) is 0 Å².